The van der Waals surface area contributed by atoms with Crippen LogP contribution in [0.15, 0.2) is 53.4 Å². The third kappa shape index (κ3) is 5.79. The number of hydrogen-bond acceptors (Lipinski definition) is 5. The van der Waals surface area contributed by atoms with E-state index in [0.717, 1.165) is 18.4 Å². The maximum absolute atomic E-state index is 12.4. The third-order valence-electron chi connectivity index (χ3n) is 4.24. The summed E-state index contributed by atoms with van der Waals surface area (Å²) in [5.41, 5.74) is 1.30. The molecule has 7 nitrogen and oxygen atoms in total. The lowest BCUT2D eigenvalue weighted by Crippen LogP contribution is -2.26. The van der Waals surface area contributed by atoms with Crippen LogP contribution in [-0.2, 0) is 21.3 Å². The molecule has 0 aromatic heterocycles. The van der Waals surface area contributed by atoms with Crippen LogP contribution in [-0.4, -0.2) is 40.7 Å². The van der Waals surface area contributed by atoms with E-state index in [-0.39, 0.29) is 16.8 Å². The van der Waals surface area contributed by atoms with Gasteiger partial charge in [-0.05, 0) is 48.7 Å². The van der Waals surface area contributed by atoms with Gasteiger partial charge in [0.2, 0.25) is 10.0 Å². The van der Waals surface area contributed by atoms with E-state index in [4.69, 9.17) is 9.47 Å². The lowest BCUT2D eigenvalue weighted by atomic mass is 10.2. The molecule has 1 aliphatic carbocycles. The predicted molar refractivity (Wildman–Crippen MR) is 105 cm³/mol. The highest BCUT2D eigenvalue weighted by Crippen LogP contribution is 2.22. The number of carbonyl (C=O) groups is 1. The number of methoxy groups -OCH3 is 1. The molecular weight excluding hydrogens is 380 g/mol. The molecule has 8 heteroatoms. The van der Waals surface area contributed by atoms with Gasteiger partial charge in [0, 0.05) is 25.3 Å². The Morgan fingerprint density at radius 1 is 1.11 bits per heavy atom. The third-order valence-corrected chi connectivity index (χ3v) is 5.77. The van der Waals surface area contributed by atoms with Crippen LogP contribution in [0, 0.1) is 0 Å². The van der Waals surface area contributed by atoms with Crippen LogP contribution < -0.4 is 14.8 Å². The van der Waals surface area contributed by atoms with Gasteiger partial charge in [-0.1, -0.05) is 18.2 Å². The lowest BCUT2D eigenvalue weighted by molar-refractivity contribution is 0.0950. The fraction of sp³-hybridized carbons (Fsp3) is 0.350. The molecule has 150 valence electrons. The second-order valence-corrected chi connectivity index (χ2v) is 8.31. The number of benzene rings is 2. The zero-order valence-corrected chi connectivity index (χ0v) is 16.5. The summed E-state index contributed by atoms with van der Waals surface area (Å²) in [7, 11) is -1.87. The van der Waals surface area contributed by atoms with E-state index in [1.54, 1.807) is 55.6 Å². The minimum absolute atomic E-state index is 0.0678. The van der Waals surface area contributed by atoms with Crippen molar-refractivity contribution in [2.75, 3.05) is 20.3 Å². The molecule has 3 rings (SSSR count). The molecule has 0 bridgehead atoms. The summed E-state index contributed by atoms with van der Waals surface area (Å²) < 4.78 is 37.4. The number of rotatable bonds is 10. The summed E-state index contributed by atoms with van der Waals surface area (Å²) in [5.74, 6) is 0.367. The summed E-state index contributed by atoms with van der Waals surface area (Å²) in [6, 6.07) is 13.5. The average molecular weight is 404 g/mol. The van der Waals surface area contributed by atoms with Crippen molar-refractivity contribution in [3.63, 3.8) is 0 Å². The number of amides is 1. The zero-order chi connectivity index (χ0) is 20.0. The number of carbonyl (C=O) groups excluding carboxylic acids is 1. The molecule has 0 atom stereocenters. The molecule has 2 aromatic carbocycles. The SMILES string of the molecule is COCCOc1cccc(C(=O)NCc2ccc(S(=O)(=O)NC3CC3)cc2)c1. The second-order valence-electron chi connectivity index (χ2n) is 6.59. The highest BCUT2D eigenvalue weighted by atomic mass is 32.2. The van der Waals surface area contributed by atoms with Crippen molar-refractivity contribution in [1.82, 2.24) is 10.0 Å². The summed E-state index contributed by atoms with van der Waals surface area (Å²) in [5, 5.41) is 2.83. The van der Waals surface area contributed by atoms with Crippen LogP contribution in [0.25, 0.3) is 0 Å². The fourth-order valence-electron chi connectivity index (χ4n) is 2.53. The Bertz CT molecular complexity index is 908. The molecule has 1 fully saturated rings. The Morgan fingerprint density at radius 2 is 1.86 bits per heavy atom. The van der Waals surface area contributed by atoms with Crippen molar-refractivity contribution in [2.45, 2.75) is 30.3 Å². The van der Waals surface area contributed by atoms with E-state index < -0.39 is 10.0 Å². The minimum atomic E-state index is -3.46. The number of sulfonamides is 1. The van der Waals surface area contributed by atoms with Crippen LogP contribution in [0.5, 0.6) is 5.75 Å². The molecular formula is C20H24N2O5S. The molecule has 0 aliphatic heterocycles. The van der Waals surface area contributed by atoms with Gasteiger partial charge in [0.25, 0.3) is 5.91 Å². The smallest absolute Gasteiger partial charge is 0.251 e. The van der Waals surface area contributed by atoms with Crippen LogP contribution in [0.3, 0.4) is 0 Å². The van der Waals surface area contributed by atoms with E-state index in [9.17, 15) is 13.2 Å². The molecule has 0 heterocycles. The van der Waals surface area contributed by atoms with Crippen molar-refractivity contribution >= 4 is 15.9 Å². The Kier molecular flexibility index (Phi) is 6.66. The summed E-state index contributed by atoms with van der Waals surface area (Å²) in [6.07, 6.45) is 1.78. The van der Waals surface area contributed by atoms with Crippen molar-refractivity contribution in [1.29, 1.82) is 0 Å². The first-order valence-corrected chi connectivity index (χ1v) is 10.6. The van der Waals surface area contributed by atoms with Crippen LogP contribution >= 0.6 is 0 Å². The minimum Gasteiger partial charge on any atom is -0.491 e. The monoisotopic (exact) mass is 404 g/mol. The van der Waals surface area contributed by atoms with Crippen LogP contribution in [0.1, 0.15) is 28.8 Å². The molecule has 1 saturated carbocycles. The van der Waals surface area contributed by atoms with Gasteiger partial charge in [-0.25, -0.2) is 13.1 Å². The summed E-state index contributed by atoms with van der Waals surface area (Å²) >= 11 is 0. The van der Waals surface area contributed by atoms with Crippen molar-refractivity contribution in [3.8, 4) is 5.75 Å². The number of nitrogens with one attached hydrogen (secondary N) is 2. The van der Waals surface area contributed by atoms with Gasteiger partial charge in [0.15, 0.2) is 0 Å². The molecule has 0 spiro atoms. The van der Waals surface area contributed by atoms with Gasteiger partial charge >= 0.3 is 0 Å². The Hall–Kier alpha value is -2.42. The predicted octanol–water partition coefficient (Wildman–Crippen LogP) is 2.08. The molecule has 1 amide bonds. The van der Waals surface area contributed by atoms with E-state index >= 15 is 0 Å². The first-order chi connectivity index (χ1) is 13.5. The van der Waals surface area contributed by atoms with Crippen molar-refractivity contribution < 1.29 is 22.7 Å². The molecule has 0 unspecified atom stereocenters. The highest BCUT2D eigenvalue weighted by molar-refractivity contribution is 7.89. The van der Waals surface area contributed by atoms with E-state index in [1.807, 2.05) is 0 Å². The summed E-state index contributed by atoms with van der Waals surface area (Å²) in [4.78, 5) is 12.6. The van der Waals surface area contributed by atoms with Crippen LogP contribution in [0.4, 0.5) is 0 Å². The molecule has 2 aromatic rings. The van der Waals surface area contributed by atoms with Gasteiger partial charge in [0.05, 0.1) is 11.5 Å². The molecule has 0 radical (unpaired) electrons. The van der Waals surface area contributed by atoms with Crippen molar-refractivity contribution in [2.24, 2.45) is 0 Å². The molecule has 1 aliphatic rings. The molecule has 2 N–H and O–H groups in total. The van der Waals surface area contributed by atoms with Gasteiger partial charge in [-0.3, -0.25) is 4.79 Å². The number of ether oxygens (including phenoxy) is 2. The molecule has 0 saturated heterocycles. The normalized spacial score (nSPS) is 13.9. The maximum atomic E-state index is 12.4. The Labute approximate surface area is 165 Å². The largest absolute Gasteiger partial charge is 0.491 e. The van der Waals surface area contributed by atoms with Crippen molar-refractivity contribution in [3.05, 3.63) is 59.7 Å². The summed E-state index contributed by atoms with van der Waals surface area (Å²) in [6.45, 7) is 1.18. The zero-order valence-electron chi connectivity index (χ0n) is 15.7. The first kappa shape index (κ1) is 20.3. The lowest BCUT2D eigenvalue weighted by Gasteiger charge is -2.09. The van der Waals surface area contributed by atoms with E-state index in [1.165, 1.54) is 0 Å². The van der Waals surface area contributed by atoms with E-state index in [0.29, 0.717) is 31.1 Å². The van der Waals surface area contributed by atoms with Gasteiger partial charge < -0.3 is 14.8 Å². The topological polar surface area (TPSA) is 93.7 Å². The average Bonchev–Trinajstić information content (AvgIpc) is 3.50. The molecule has 28 heavy (non-hydrogen) atoms. The van der Waals surface area contributed by atoms with Gasteiger partial charge in [-0.2, -0.15) is 0 Å². The standard InChI is InChI=1S/C20H24N2O5S/c1-26-11-12-27-18-4-2-3-16(13-18)20(23)21-14-15-5-9-19(10-6-15)28(24,25)22-17-7-8-17/h2-6,9-10,13,17,22H,7-8,11-12,14H2,1H3,(H,21,23). The quantitative estimate of drug-likeness (QED) is 0.592. The first-order valence-electron chi connectivity index (χ1n) is 9.09. The Balaban J connectivity index is 1.55. The number of hydrogen-bond donors (Lipinski definition) is 2. The Morgan fingerprint density at radius 3 is 2.54 bits per heavy atom. The fourth-order valence-corrected chi connectivity index (χ4v) is 3.83. The highest BCUT2D eigenvalue weighted by Gasteiger charge is 2.27. The van der Waals surface area contributed by atoms with Gasteiger partial charge in [-0.15, -0.1) is 0 Å². The van der Waals surface area contributed by atoms with Gasteiger partial charge in [0.1, 0.15) is 12.4 Å². The maximum Gasteiger partial charge on any atom is 0.251 e. The van der Waals surface area contributed by atoms with E-state index in [2.05, 4.69) is 10.0 Å². The van der Waals surface area contributed by atoms with Crippen LogP contribution in [0.2, 0.25) is 0 Å². The second kappa shape index (κ2) is 9.18.